The second kappa shape index (κ2) is 5.63. The van der Waals surface area contributed by atoms with Crippen LogP contribution in [0.3, 0.4) is 0 Å². The van der Waals surface area contributed by atoms with Gasteiger partial charge in [0.15, 0.2) is 0 Å². The van der Waals surface area contributed by atoms with Gasteiger partial charge in [-0.05, 0) is 36.0 Å². The largest absolute Gasteiger partial charge is 0.383 e. The molecule has 2 heterocycles. The van der Waals surface area contributed by atoms with E-state index in [2.05, 4.69) is 9.97 Å². The molecule has 0 atom stereocenters. The summed E-state index contributed by atoms with van der Waals surface area (Å²) in [4.78, 5) is 36.5. The molecule has 0 spiro atoms. The minimum atomic E-state index is -0.262. The summed E-state index contributed by atoms with van der Waals surface area (Å²) in [6.45, 7) is 0. The fourth-order valence-electron chi connectivity index (χ4n) is 3.04. The number of carbonyl (C=O) groups excluding carboxylic acids is 2. The predicted octanol–water partition coefficient (Wildman–Crippen LogP) is 2.94. The molecule has 25 heavy (non-hydrogen) atoms. The zero-order chi connectivity index (χ0) is 17.6. The molecule has 0 saturated heterocycles. The first-order valence-electron chi connectivity index (χ1n) is 7.89. The molecule has 1 aliphatic carbocycles. The first-order chi connectivity index (χ1) is 12.1. The Morgan fingerprint density at radius 2 is 1.76 bits per heavy atom. The lowest BCUT2D eigenvalue weighted by atomic mass is 9.86. The van der Waals surface area contributed by atoms with Crippen molar-refractivity contribution in [3.63, 3.8) is 0 Å². The van der Waals surface area contributed by atoms with Crippen molar-refractivity contribution >= 4 is 28.5 Å². The Morgan fingerprint density at radius 1 is 0.960 bits per heavy atom. The van der Waals surface area contributed by atoms with Crippen molar-refractivity contribution in [2.24, 2.45) is 0 Å². The van der Waals surface area contributed by atoms with Crippen LogP contribution in [0.25, 0.3) is 17.0 Å². The summed E-state index contributed by atoms with van der Waals surface area (Å²) in [6.07, 6.45) is 5.23. The van der Waals surface area contributed by atoms with Gasteiger partial charge in [-0.1, -0.05) is 18.2 Å². The highest BCUT2D eigenvalue weighted by Crippen LogP contribution is 2.32. The molecule has 0 aliphatic heterocycles. The van der Waals surface area contributed by atoms with Crippen molar-refractivity contribution in [1.82, 2.24) is 14.9 Å². The molecule has 3 aromatic rings. The maximum absolute atomic E-state index is 13.1. The van der Waals surface area contributed by atoms with Gasteiger partial charge in [0.25, 0.3) is 0 Å². The Kier molecular flexibility index (Phi) is 3.42. The third kappa shape index (κ3) is 2.32. The van der Waals surface area contributed by atoms with E-state index in [1.807, 2.05) is 55.5 Å². The number of rotatable bonds is 2. The Balaban J connectivity index is 2.09. The van der Waals surface area contributed by atoms with Gasteiger partial charge in [-0.15, -0.1) is 0 Å². The molecule has 5 nitrogen and oxygen atoms in total. The van der Waals surface area contributed by atoms with Crippen LogP contribution in [0.15, 0.2) is 48.8 Å². The van der Waals surface area contributed by atoms with Gasteiger partial charge in [0, 0.05) is 25.7 Å². The molecular formula is C20H15N3O2. The molecular weight excluding hydrogens is 314 g/mol. The van der Waals surface area contributed by atoms with Crippen LogP contribution in [0.2, 0.25) is 0 Å². The van der Waals surface area contributed by atoms with Crippen LogP contribution in [0.4, 0.5) is 0 Å². The normalized spacial score (nSPS) is 13.2. The average Bonchev–Trinajstić information content (AvgIpc) is 2.63. The molecule has 5 heteroatoms. The Labute approximate surface area is 144 Å². The van der Waals surface area contributed by atoms with Gasteiger partial charge in [-0.2, -0.15) is 0 Å². The number of ketones is 2. The monoisotopic (exact) mass is 329 g/mol. The third-order valence-corrected chi connectivity index (χ3v) is 4.18. The maximum atomic E-state index is 13.1. The smallest absolute Gasteiger partial charge is 0.215 e. The van der Waals surface area contributed by atoms with Crippen molar-refractivity contribution in [3.8, 4) is 0 Å². The first-order valence-corrected chi connectivity index (χ1v) is 7.89. The van der Waals surface area contributed by atoms with Crippen LogP contribution in [0.1, 0.15) is 37.7 Å². The number of hydrogen-bond acceptors (Lipinski definition) is 5. The van der Waals surface area contributed by atoms with E-state index in [1.165, 1.54) is 6.20 Å². The highest BCUT2D eigenvalue weighted by Gasteiger charge is 2.34. The fourth-order valence-corrected chi connectivity index (χ4v) is 3.04. The number of carbonyl (C=O) groups is 2. The zero-order valence-corrected chi connectivity index (χ0v) is 13.9. The Morgan fingerprint density at radius 3 is 2.56 bits per heavy atom. The molecule has 0 saturated carbocycles. The summed E-state index contributed by atoms with van der Waals surface area (Å²) in [5.41, 5.74) is 2.41. The molecule has 122 valence electrons. The second-order valence-corrected chi connectivity index (χ2v) is 6.10. The number of nitrogens with zero attached hydrogens (tertiary/aromatic N) is 3. The lowest BCUT2D eigenvalue weighted by Crippen LogP contribution is -2.25. The van der Waals surface area contributed by atoms with E-state index in [4.69, 9.17) is 0 Å². The van der Waals surface area contributed by atoms with Gasteiger partial charge in [0.2, 0.25) is 11.6 Å². The van der Waals surface area contributed by atoms with Gasteiger partial charge in [-0.25, -0.2) is 4.98 Å². The molecule has 0 unspecified atom stereocenters. The lowest BCUT2D eigenvalue weighted by molar-refractivity contribution is 0.0972. The number of fused-ring (bicyclic) bond motifs is 3. The molecule has 2 aromatic heterocycles. The number of para-hydroxylation sites is 1. The van der Waals surface area contributed by atoms with E-state index in [0.29, 0.717) is 22.2 Å². The maximum Gasteiger partial charge on any atom is 0.215 e. The van der Waals surface area contributed by atoms with Crippen molar-refractivity contribution in [1.29, 1.82) is 0 Å². The van der Waals surface area contributed by atoms with Crippen molar-refractivity contribution in [3.05, 3.63) is 76.9 Å². The first kappa shape index (κ1) is 15.2. The number of benzene rings is 1. The van der Waals surface area contributed by atoms with E-state index in [-0.39, 0.29) is 23.0 Å². The van der Waals surface area contributed by atoms with Crippen LogP contribution >= 0.6 is 0 Å². The summed E-state index contributed by atoms with van der Waals surface area (Å²) < 4.78 is 0. The van der Waals surface area contributed by atoms with Gasteiger partial charge in [-0.3, -0.25) is 14.6 Å². The highest BCUT2D eigenvalue weighted by molar-refractivity contribution is 6.29. The van der Waals surface area contributed by atoms with E-state index in [9.17, 15) is 9.59 Å². The quantitative estimate of drug-likeness (QED) is 0.566. The van der Waals surface area contributed by atoms with Crippen LogP contribution in [-0.2, 0) is 0 Å². The van der Waals surface area contributed by atoms with Crippen molar-refractivity contribution in [2.75, 3.05) is 14.1 Å². The van der Waals surface area contributed by atoms with E-state index in [0.717, 1.165) is 5.39 Å². The third-order valence-electron chi connectivity index (χ3n) is 4.18. The average molecular weight is 329 g/mol. The van der Waals surface area contributed by atoms with Crippen LogP contribution < -0.4 is 0 Å². The standard InChI is InChI=1S/C20H15N3O2/c1-23(2)11-9-13-12-6-3-4-8-15(12)22-18-16(13)20(25)17-14(19(18)24)7-5-10-21-17/h3-11H,1-2H3/b11-9+. The SMILES string of the molecule is CN(C)/C=C/c1c2c(nc3ccccc13)C(=O)c1cccnc1C2=O. The van der Waals surface area contributed by atoms with E-state index in [1.54, 1.807) is 12.1 Å². The fraction of sp³-hybridized carbons (Fsp3) is 0.100. The summed E-state index contributed by atoms with van der Waals surface area (Å²) in [7, 11) is 3.80. The molecule has 0 amide bonds. The van der Waals surface area contributed by atoms with Gasteiger partial charge in [0.1, 0.15) is 11.4 Å². The van der Waals surface area contributed by atoms with E-state index < -0.39 is 0 Å². The van der Waals surface area contributed by atoms with Gasteiger partial charge >= 0.3 is 0 Å². The number of hydrogen-bond donors (Lipinski definition) is 0. The van der Waals surface area contributed by atoms with E-state index >= 15 is 0 Å². The summed E-state index contributed by atoms with van der Waals surface area (Å²) in [5, 5.41) is 0.833. The molecule has 1 aliphatic rings. The highest BCUT2D eigenvalue weighted by atomic mass is 16.1. The minimum Gasteiger partial charge on any atom is -0.383 e. The summed E-state index contributed by atoms with van der Waals surface area (Å²) in [5.74, 6) is -0.523. The predicted molar refractivity (Wildman–Crippen MR) is 95.6 cm³/mol. The lowest BCUT2D eigenvalue weighted by Gasteiger charge is -2.19. The molecule has 0 N–H and O–H groups in total. The van der Waals surface area contributed by atoms with Crippen LogP contribution in [-0.4, -0.2) is 40.5 Å². The number of pyridine rings is 2. The second-order valence-electron chi connectivity index (χ2n) is 6.10. The van der Waals surface area contributed by atoms with Gasteiger partial charge in [0.05, 0.1) is 16.6 Å². The van der Waals surface area contributed by atoms with Crippen molar-refractivity contribution in [2.45, 2.75) is 0 Å². The minimum absolute atomic E-state index is 0.191. The summed E-state index contributed by atoms with van der Waals surface area (Å²) >= 11 is 0. The zero-order valence-electron chi connectivity index (χ0n) is 13.9. The molecule has 1 aromatic carbocycles. The number of aromatic nitrogens is 2. The van der Waals surface area contributed by atoms with Gasteiger partial charge < -0.3 is 4.90 Å². The van der Waals surface area contributed by atoms with Crippen LogP contribution in [0.5, 0.6) is 0 Å². The topological polar surface area (TPSA) is 63.2 Å². The Bertz CT molecular complexity index is 1070. The molecule has 0 bridgehead atoms. The van der Waals surface area contributed by atoms with Crippen LogP contribution in [0, 0.1) is 0 Å². The molecule has 0 fully saturated rings. The molecule has 4 rings (SSSR count). The summed E-state index contributed by atoms with van der Waals surface area (Å²) in [6, 6.07) is 10.8. The molecule has 0 radical (unpaired) electrons. The Hall–Kier alpha value is -3.34. The van der Waals surface area contributed by atoms with Crippen molar-refractivity contribution < 1.29 is 9.59 Å².